The maximum absolute atomic E-state index is 11.6. The smallest absolute Gasteiger partial charge is 0.240 e. The molecule has 0 aliphatic carbocycles. The van der Waals surface area contributed by atoms with Crippen LogP contribution >= 0.6 is 0 Å². The van der Waals surface area contributed by atoms with E-state index in [1.54, 1.807) is 30.6 Å². The average Bonchev–Trinajstić information content (AvgIpc) is 2.93. The van der Waals surface area contributed by atoms with Crippen LogP contribution in [-0.4, -0.2) is 25.0 Å². The molecule has 0 saturated heterocycles. The second kappa shape index (κ2) is 6.06. The summed E-state index contributed by atoms with van der Waals surface area (Å²) in [7, 11) is -1.98. The van der Waals surface area contributed by atoms with Gasteiger partial charge in [0.2, 0.25) is 10.0 Å². The van der Waals surface area contributed by atoms with E-state index in [9.17, 15) is 8.42 Å². The molecule has 0 bridgehead atoms. The molecule has 0 atom stereocenters. The lowest BCUT2D eigenvalue weighted by atomic mass is 10.3. The molecule has 1 aromatic carbocycles. The Balaban J connectivity index is 2.05. The monoisotopic (exact) mass is 294 g/mol. The first-order valence-electron chi connectivity index (χ1n) is 6.33. The van der Waals surface area contributed by atoms with E-state index in [4.69, 9.17) is 0 Å². The summed E-state index contributed by atoms with van der Waals surface area (Å²) in [6.45, 7) is 3.57. The molecule has 1 heterocycles. The molecule has 2 rings (SSSR count). The number of anilines is 1. The molecule has 1 aromatic heterocycles. The van der Waals surface area contributed by atoms with Gasteiger partial charge in [0, 0.05) is 18.4 Å². The van der Waals surface area contributed by atoms with Gasteiger partial charge < -0.3 is 9.88 Å². The number of aryl methyl sites for hydroxylation is 1. The van der Waals surface area contributed by atoms with E-state index in [1.807, 2.05) is 10.8 Å². The molecule has 0 radical (unpaired) electrons. The molecule has 0 amide bonds. The summed E-state index contributed by atoms with van der Waals surface area (Å²) in [5, 5.41) is 3.24. The summed E-state index contributed by atoms with van der Waals surface area (Å²) in [6, 6.07) is 6.64. The highest BCUT2D eigenvalue weighted by molar-refractivity contribution is 7.89. The van der Waals surface area contributed by atoms with Crippen molar-refractivity contribution >= 4 is 15.7 Å². The first-order valence-corrected chi connectivity index (χ1v) is 7.81. The Hall–Kier alpha value is -1.86. The Bertz CT molecular complexity index is 662. The van der Waals surface area contributed by atoms with Crippen molar-refractivity contribution in [3.63, 3.8) is 0 Å². The van der Waals surface area contributed by atoms with E-state index in [0.29, 0.717) is 6.54 Å². The maximum atomic E-state index is 11.6. The molecule has 108 valence electrons. The molecule has 2 N–H and O–H groups in total. The highest BCUT2D eigenvalue weighted by Crippen LogP contribution is 2.14. The van der Waals surface area contributed by atoms with Crippen molar-refractivity contribution < 1.29 is 8.42 Å². The van der Waals surface area contributed by atoms with Crippen LogP contribution in [0, 0.1) is 0 Å². The Labute approximate surface area is 118 Å². The maximum Gasteiger partial charge on any atom is 0.240 e. The van der Waals surface area contributed by atoms with Gasteiger partial charge in [-0.15, -0.1) is 0 Å². The van der Waals surface area contributed by atoms with Crippen molar-refractivity contribution in [2.45, 2.75) is 24.9 Å². The highest BCUT2D eigenvalue weighted by atomic mass is 32.2. The van der Waals surface area contributed by atoms with Gasteiger partial charge in [-0.3, -0.25) is 0 Å². The third kappa shape index (κ3) is 3.17. The third-order valence-electron chi connectivity index (χ3n) is 3.05. The zero-order valence-electron chi connectivity index (χ0n) is 11.5. The number of rotatable bonds is 6. The lowest BCUT2D eigenvalue weighted by Crippen LogP contribution is -2.18. The van der Waals surface area contributed by atoms with Gasteiger partial charge in [-0.1, -0.05) is 0 Å². The van der Waals surface area contributed by atoms with E-state index < -0.39 is 10.0 Å². The minimum atomic E-state index is -3.38. The van der Waals surface area contributed by atoms with Crippen LogP contribution in [0.15, 0.2) is 41.7 Å². The van der Waals surface area contributed by atoms with Gasteiger partial charge in [0.15, 0.2) is 0 Å². The molecule has 0 aliphatic heterocycles. The molecule has 6 nitrogen and oxygen atoms in total. The van der Waals surface area contributed by atoms with Crippen LogP contribution in [0.5, 0.6) is 0 Å². The molecule has 0 unspecified atom stereocenters. The van der Waals surface area contributed by atoms with Gasteiger partial charge in [0.25, 0.3) is 0 Å². The third-order valence-corrected chi connectivity index (χ3v) is 4.48. The van der Waals surface area contributed by atoms with Gasteiger partial charge in [-0.05, 0) is 38.2 Å². The zero-order chi connectivity index (χ0) is 14.6. The summed E-state index contributed by atoms with van der Waals surface area (Å²) in [5.41, 5.74) is 1.95. The molecule has 20 heavy (non-hydrogen) atoms. The Morgan fingerprint density at radius 3 is 2.55 bits per heavy atom. The van der Waals surface area contributed by atoms with Crippen LogP contribution in [0.2, 0.25) is 0 Å². The average molecular weight is 294 g/mol. The van der Waals surface area contributed by atoms with Gasteiger partial charge in [-0.25, -0.2) is 18.1 Å². The molecular formula is C13H18N4O2S. The Kier molecular flexibility index (Phi) is 4.41. The van der Waals surface area contributed by atoms with Crippen molar-refractivity contribution in [2.75, 3.05) is 12.4 Å². The lowest BCUT2D eigenvalue weighted by Gasteiger charge is -2.09. The summed E-state index contributed by atoms with van der Waals surface area (Å²) >= 11 is 0. The van der Waals surface area contributed by atoms with Crippen LogP contribution in [0.3, 0.4) is 0 Å². The van der Waals surface area contributed by atoms with E-state index in [-0.39, 0.29) is 4.90 Å². The number of nitrogens with one attached hydrogen (secondary N) is 2. The molecule has 0 fully saturated rings. The molecule has 0 aliphatic rings. The van der Waals surface area contributed by atoms with Crippen LogP contribution in [0.25, 0.3) is 0 Å². The van der Waals surface area contributed by atoms with E-state index >= 15 is 0 Å². The zero-order valence-corrected chi connectivity index (χ0v) is 12.3. The van der Waals surface area contributed by atoms with Gasteiger partial charge >= 0.3 is 0 Å². The first-order chi connectivity index (χ1) is 9.56. The molecular weight excluding hydrogens is 276 g/mol. The Morgan fingerprint density at radius 1 is 1.25 bits per heavy atom. The van der Waals surface area contributed by atoms with Crippen molar-refractivity contribution in [3.8, 4) is 0 Å². The number of hydrogen-bond acceptors (Lipinski definition) is 4. The topological polar surface area (TPSA) is 76.0 Å². The van der Waals surface area contributed by atoms with E-state index in [0.717, 1.165) is 17.9 Å². The number of imidazole rings is 1. The highest BCUT2D eigenvalue weighted by Gasteiger charge is 2.10. The number of nitrogens with zero attached hydrogens (tertiary/aromatic N) is 2. The normalized spacial score (nSPS) is 11.5. The van der Waals surface area contributed by atoms with Crippen molar-refractivity contribution in [1.82, 2.24) is 14.3 Å². The van der Waals surface area contributed by atoms with Crippen molar-refractivity contribution in [3.05, 3.63) is 42.5 Å². The predicted octanol–water partition coefficient (Wildman–Crippen LogP) is 1.42. The summed E-state index contributed by atoms with van der Waals surface area (Å²) in [5.74, 6) is 0. The minimum Gasteiger partial charge on any atom is -0.379 e. The van der Waals surface area contributed by atoms with Crippen molar-refractivity contribution in [2.24, 2.45) is 0 Å². The van der Waals surface area contributed by atoms with Crippen LogP contribution in [-0.2, 0) is 23.1 Å². The van der Waals surface area contributed by atoms with Gasteiger partial charge in [0.1, 0.15) is 0 Å². The SMILES string of the molecule is CCn1cncc1CNc1ccc(S(=O)(=O)NC)cc1. The fraction of sp³-hybridized carbons (Fsp3) is 0.308. The van der Waals surface area contributed by atoms with Crippen LogP contribution in [0.4, 0.5) is 5.69 Å². The summed E-state index contributed by atoms with van der Waals surface area (Å²) in [6.07, 6.45) is 3.61. The standard InChI is InChI=1S/C13H18N4O2S/c1-3-17-10-15-8-12(17)9-16-11-4-6-13(7-5-11)20(18,19)14-2/h4-8,10,14,16H,3,9H2,1-2H3. The molecule has 0 spiro atoms. The molecule has 0 saturated carbocycles. The van der Waals surface area contributed by atoms with Gasteiger partial charge in [0.05, 0.1) is 23.5 Å². The number of hydrogen-bond donors (Lipinski definition) is 2. The second-order valence-corrected chi connectivity index (χ2v) is 6.14. The molecule has 2 aromatic rings. The largest absolute Gasteiger partial charge is 0.379 e. The number of aromatic nitrogens is 2. The number of sulfonamides is 1. The molecule has 7 heteroatoms. The van der Waals surface area contributed by atoms with Crippen LogP contribution in [0.1, 0.15) is 12.6 Å². The fourth-order valence-electron chi connectivity index (χ4n) is 1.84. The second-order valence-electron chi connectivity index (χ2n) is 4.26. The summed E-state index contributed by atoms with van der Waals surface area (Å²) < 4.78 is 27.5. The fourth-order valence-corrected chi connectivity index (χ4v) is 2.57. The minimum absolute atomic E-state index is 0.254. The quantitative estimate of drug-likeness (QED) is 0.845. The Morgan fingerprint density at radius 2 is 1.95 bits per heavy atom. The van der Waals surface area contributed by atoms with E-state index in [2.05, 4.69) is 21.9 Å². The van der Waals surface area contributed by atoms with E-state index in [1.165, 1.54) is 7.05 Å². The summed E-state index contributed by atoms with van der Waals surface area (Å²) in [4.78, 5) is 4.35. The first kappa shape index (κ1) is 14.5. The van der Waals surface area contributed by atoms with Crippen LogP contribution < -0.4 is 10.0 Å². The lowest BCUT2D eigenvalue weighted by molar-refractivity contribution is 0.588. The predicted molar refractivity (Wildman–Crippen MR) is 77.9 cm³/mol. The van der Waals surface area contributed by atoms with Crippen molar-refractivity contribution in [1.29, 1.82) is 0 Å². The number of benzene rings is 1. The van der Waals surface area contributed by atoms with Gasteiger partial charge in [-0.2, -0.15) is 0 Å².